The molecule has 0 bridgehead atoms. The second-order valence-corrected chi connectivity index (χ2v) is 7.55. The molecule has 1 aromatic heterocycles. The van der Waals surface area contributed by atoms with Gasteiger partial charge in [-0.25, -0.2) is 9.98 Å². The van der Waals surface area contributed by atoms with Gasteiger partial charge in [0.15, 0.2) is 5.82 Å². The number of aliphatic imine (C=N–C) groups is 1. The molecule has 5 rings (SSSR count). The summed E-state index contributed by atoms with van der Waals surface area (Å²) in [6.07, 6.45) is 3.00. The van der Waals surface area contributed by atoms with Crippen molar-refractivity contribution in [1.82, 2.24) is 19.8 Å². The van der Waals surface area contributed by atoms with Crippen molar-refractivity contribution in [3.05, 3.63) is 77.3 Å². The van der Waals surface area contributed by atoms with Crippen LogP contribution in [0, 0.1) is 11.8 Å². The van der Waals surface area contributed by atoms with E-state index >= 15 is 0 Å². The first-order valence-corrected chi connectivity index (χ1v) is 10.0. The Morgan fingerprint density at radius 3 is 2.76 bits per heavy atom. The van der Waals surface area contributed by atoms with Crippen LogP contribution in [0.5, 0.6) is 0 Å². The molecule has 144 valence electrons. The summed E-state index contributed by atoms with van der Waals surface area (Å²) in [5.41, 5.74) is 5.98. The summed E-state index contributed by atoms with van der Waals surface area (Å²) in [7, 11) is 0. The van der Waals surface area contributed by atoms with E-state index in [1.54, 1.807) is 0 Å². The summed E-state index contributed by atoms with van der Waals surface area (Å²) in [5.74, 6) is 7.20. The molecule has 0 atom stereocenters. The van der Waals surface area contributed by atoms with E-state index in [1.165, 1.54) is 16.8 Å². The van der Waals surface area contributed by atoms with E-state index in [4.69, 9.17) is 4.99 Å². The van der Waals surface area contributed by atoms with Gasteiger partial charge in [-0.2, -0.15) is 0 Å². The van der Waals surface area contributed by atoms with Crippen molar-refractivity contribution in [2.45, 2.75) is 13.0 Å². The molecule has 3 aromatic rings. The summed E-state index contributed by atoms with van der Waals surface area (Å²) >= 11 is 0. The number of fused-ring (bicyclic) bond motifs is 1. The van der Waals surface area contributed by atoms with Crippen LogP contribution >= 0.6 is 0 Å². The van der Waals surface area contributed by atoms with Crippen molar-refractivity contribution < 1.29 is 0 Å². The molecule has 2 aromatic carbocycles. The average Bonchev–Trinajstić information content (AvgIpc) is 3.17. The highest BCUT2D eigenvalue weighted by atomic mass is 15.2. The predicted molar refractivity (Wildman–Crippen MR) is 116 cm³/mol. The highest BCUT2D eigenvalue weighted by Crippen LogP contribution is 2.23. The maximum atomic E-state index is 4.72. The summed E-state index contributed by atoms with van der Waals surface area (Å²) in [4.78, 5) is 17.2. The van der Waals surface area contributed by atoms with Gasteiger partial charge in [0.05, 0.1) is 23.9 Å². The Balaban J connectivity index is 1.20. The number of benzene rings is 2. The van der Waals surface area contributed by atoms with E-state index in [9.17, 15) is 0 Å². The summed E-state index contributed by atoms with van der Waals surface area (Å²) < 4.78 is 0. The molecule has 0 saturated carbocycles. The van der Waals surface area contributed by atoms with Crippen LogP contribution in [0.15, 0.2) is 70.9 Å². The molecule has 1 N–H and O–H groups in total. The number of aromatic amines is 1. The summed E-state index contributed by atoms with van der Waals surface area (Å²) in [6.45, 7) is 4.53. The number of H-pyrrole nitrogens is 1. The Hall–Kier alpha value is -3.36. The molecular formula is C24H23N5. The van der Waals surface area contributed by atoms with Crippen molar-refractivity contribution >= 4 is 17.4 Å². The number of hydrogen-bond acceptors (Lipinski definition) is 4. The van der Waals surface area contributed by atoms with Gasteiger partial charge in [0.1, 0.15) is 0 Å². The monoisotopic (exact) mass is 381 g/mol. The molecule has 3 heterocycles. The van der Waals surface area contributed by atoms with Crippen LogP contribution in [0.3, 0.4) is 0 Å². The fourth-order valence-electron chi connectivity index (χ4n) is 3.91. The molecule has 2 aliphatic heterocycles. The number of nitrogens with one attached hydrogen (secondary N) is 1. The summed E-state index contributed by atoms with van der Waals surface area (Å²) in [5, 5.41) is 0. The third kappa shape index (κ3) is 4.08. The molecule has 5 heteroatoms. The van der Waals surface area contributed by atoms with Gasteiger partial charge < -0.3 is 9.88 Å². The number of aromatic nitrogens is 2. The molecule has 0 aliphatic carbocycles. The van der Waals surface area contributed by atoms with E-state index in [2.05, 4.69) is 61.9 Å². The van der Waals surface area contributed by atoms with Crippen molar-refractivity contribution in [2.24, 2.45) is 4.99 Å². The highest BCUT2D eigenvalue weighted by Gasteiger charge is 2.22. The largest absolute Gasteiger partial charge is 0.354 e. The van der Waals surface area contributed by atoms with Crippen LogP contribution in [-0.4, -0.2) is 52.3 Å². The number of rotatable bonds is 3. The van der Waals surface area contributed by atoms with E-state index in [1.807, 2.05) is 30.6 Å². The maximum Gasteiger partial charge on any atom is 0.183 e. The third-order valence-electron chi connectivity index (χ3n) is 5.39. The number of hydrogen-bond donors (Lipinski definition) is 1. The van der Waals surface area contributed by atoms with Gasteiger partial charge in [-0.3, -0.25) is 4.90 Å². The van der Waals surface area contributed by atoms with Crippen LogP contribution in [0.4, 0.5) is 0 Å². The topological polar surface area (TPSA) is 47.5 Å². The van der Waals surface area contributed by atoms with Crippen LogP contribution in [0.2, 0.25) is 0 Å². The number of para-hydroxylation sites is 2. The fraction of sp³-hybridized carbons (Fsp3) is 0.250. The van der Waals surface area contributed by atoms with Crippen LogP contribution < -0.4 is 0 Å². The number of nitrogens with zero attached hydrogens (tertiary/aromatic N) is 4. The third-order valence-corrected chi connectivity index (χ3v) is 5.39. The molecule has 0 spiro atoms. The van der Waals surface area contributed by atoms with Gasteiger partial charge in [-0.05, 0) is 29.2 Å². The zero-order valence-corrected chi connectivity index (χ0v) is 16.3. The maximum absolute atomic E-state index is 4.72. The second kappa shape index (κ2) is 7.94. The molecule has 0 amide bonds. The normalized spacial score (nSPS) is 16.6. The van der Waals surface area contributed by atoms with Gasteiger partial charge in [0, 0.05) is 38.3 Å². The summed E-state index contributed by atoms with van der Waals surface area (Å²) in [6, 6.07) is 18.6. The smallest absolute Gasteiger partial charge is 0.183 e. The van der Waals surface area contributed by atoms with Crippen molar-refractivity contribution in [1.29, 1.82) is 0 Å². The Labute approximate surface area is 170 Å². The molecule has 29 heavy (non-hydrogen) atoms. The van der Waals surface area contributed by atoms with Gasteiger partial charge in [0.25, 0.3) is 0 Å². The Kier molecular flexibility index (Phi) is 4.85. The van der Waals surface area contributed by atoms with Crippen LogP contribution in [0.25, 0.3) is 11.0 Å². The first kappa shape index (κ1) is 17.7. The Morgan fingerprint density at radius 2 is 1.86 bits per heavy atom. The fourth-order valence-corrected chi connectivity index (χ4v) is 3.91. The minimum absolute atomic E-state index is 0.736. The molecule has 0 unspecified atom stereocenters. The van der Waals surface area contributed by atoms with E-state index in [0.717, 1.165) is 56.0 Å². The van der Waals surface area contributed by atoms with Crippen LogP contribution in [-0.2, 0) is 6.54 Å². The van der Waals surface area contributed by atoms with E-state index in [0.29, 0.717) is 0 Å². The first-order chi connectivity index (χ1) is 14.3. The lowest BCUT2D eigenvalue weighted by atomic mass is 10.0. The number of imidazole rings is 1. The quantitative estimate of drug-likeness (QED) is 0.707. The lowest BCUT2D eigenvalue weighted by Gasteiger charge is -2.33. The van der Waals surface area contributed by atoms with Crippen molar-refractivity contribution in [3.8, 4) is 11.8 Å². The van der Waals surface area contributed by atoms with E-state index < -0.39 is 0 Å². The van der Waals surface area contributed by atoms with Gasteiger partial charge in [0.2, 0.25) is 0 Å². The molecule has 0 fully saturated rings. The SMILES string of the molecule is C(#Cc1nc2ccccc2[nH]1)CN1CCC2=C(CN(Cc3ccccc3)C=N2)C1. The minimum Gasteiger partial charge on any atom is -0.354 e. The second-order valence-electron chi connectivity index (χ2n) is 7.55. The molecular weight excluding hydrogens is 358 g/mol. The lowest BCUT2D eigenvalue weighted by molar-refractivity contribution is 0.300. The predicted octanol–water partition coefficient (Wildman–Crippen LogP) is 3.42. The molecule has 0 saturated heterocycles. The molecule has 5 nitrogen and oxygen atoms in total. The minimum atomic E-state index is 0.736. The van der Waals surface area contributed by atoms with E-state index in [-0.39, 0.29) is 0 Å². The Bertz CT molecular complexity index is 1100. The van der Waals surface area contributed by atoms with Gasteiger partial charge in [-0.15, -0.1) is 0 Å². The zero-order chi connectivity index (χ0) is 19.5. The Morgan fingerprint density at radius 1 is 1.00 bits per heavy atom. The van der Waals surface area contributed by atoms with Crippen molar-refractivity contribution in [2.75, 3.05) is 26.2 Å². The standard InChI is InChI=1S/C24H23N5/c1-2-7-19(8-3-1)15-29-17-20-16-28(14-12-21(20)25-18-29)13-6-11-24-26-22-9-4-5-10-23(22)27-24/h1-5,7-10,18H,12-17H2,(H,26,27). The zero-order valence-electron chi connectivity index (χ0n) is 16.3. The molecule has 0 radical (unpaired) electrons. The lowest BCUT2D eigenvalue weighted by Crippen LogP contribution is -2.38. The first-order valence-electron chi connectivity index (χ1n) is 10.0. The van der Waals surface area contributed by atoms with Crippen molar-refractivity contribution in [3.63, 3.8) is 0 Å². The molecule has 2 aliphatic rings. The highest BCUT2D eigenvalue weighted by molar-refractivity contribution is 5.75. The van der Waals surface area contributed by atoms with Crippen LogP contribution in [0.1, 0.15) is 17.8 Å². The average molecular weight is 381 g/mol. The van der Waals surface area contributed by atoms with Gasteiger partial charge >= 0.3 is 0 Å². The van der Waals surface area contributed by atoms with Gasteiger partial charge in [-0.1, -0.05) is 48.4 Å².